The van der Waals surface area contributed by atoms with Gasteiger partial charge in [-0.25, -0.2) is 13.2 Å². The van der Waals surface area contributed by atoms with Crippen LogP contribution in [0.25, 0.3) is 10.8 Å². The van der Waals surface area contributed by atoms with Crippen LogP contribution in [0.3, 0.4) is 0 Å². The summed E-state index contributed by atoms with van der Waals surface area (Å²) in [5.74, 6) is -0.142. The molecule has 1 amide bonds. The third-order valence-corrected chi connectivity index (χ3v) is 9.73. The summed E-state index contributed by atoms with van der Waals surface area (Å²) in [6, 6.07) is 10.4. The van der Waals surface area contributed by atoms with Crippen molar-refractivity contribution < 1.29 is 17.7 Å². The molecule has 0 bridgehead atoms. The lowest BCUT2D eigenvalue weighted by Gasteiger charge is -2.40. The highest BCUT2D eigenvalue weighted by Gasteiger charge is 2.42. The van der Waals surface area contributed by atoms with E-state index in [2.05, 4.69) is 15.3 Å². The maximum Gasteiger partial charge on any atom is 0.315 e. The van der Waals surface area contributed by atoms with Crippen molar-refractivity contribution in [2.45, 2.75) is 30.6 Å². The molecule has 0 spiro atoms. The van der Waals surface area contributed by atoms with Gasteiger partial charge >= 0.3 is 5.91 Å². The van der Waals surface area contributed by atoms with Crippen molar-refractivity contribution in [3.63, 3.8) is 0 Å². The average molecular weight is 505 g/mol. The van der Waals surface area contributed by atoms with Crippen molar-refractivity contribution in [3.8, 4) is 0 Å². The van der Waals surface area contributed by atoms with Gasteiger partial charge in [-0.2, -0.15) is 0 Å². The molecule has 3 aliphatic rings. The van der Waals surface area contributed by atoms with Crippen molar-refractivity contribution in [2.24, 2.45) is 4.99 Å². The number of halogens is 1. The van der Waals surface area contributed by atoms with Crippen LogP contribution in [0.4, 0.5) is 0 Å². The minimum absolute atomic E-state index is 0.0290. The summed E-state index contributed by atoms with van der Waals surface area (Å²) in [4.78, 5) is 20.5. The number of aliphatic imine (C=N–C) groups is 1. The normalized spacial score (nSPS) is 20.0. The molecule has 0 aromatic heterocycles. The Kier molecular flexibility index (Phi) is 6.29. The molecule has 0 radical (unpaired) electrons. The standard InChI is InChI=1S/C24H27ClN3O3S2/c25-20-6-4-19-15-22(7-5-18(19)14-20)33(30,31)13-8-23(29)28(11-2-1-3-12-28)16-21-17-32-24-26-9-10-27(21)24/h4-7,14-15,17H,1-3,8-13,16H2/q+1. The Morgan fingerprint density at radius 3 is 2.67 bits per heavy atom. The summed E-state index contributed by atoms with van der Waals surface area (Å²) in [7, 11) is -3.58. The second kappa shape index (κ2) is 9.06. The van der Waals surface area contributed by atoms with Crippen molar-refractivity contribution in [3.05, 3.63) is 52.5 Å². The van der Waals surface area contributed by atoms with Gasteiger partial charge in [0.2, 0.25) is 0 Å². The maximum absolute atomic E-state index is 13.5. The monoisotopic (exact) mass is 504 g/mol. The molecule has 1 saturated heterocycles. The topological polar surface area (TPSA) is 66.8 Å². The summed E-state index contributed by atoms with van der Waals surface area (Å²) >= 11 is 7.66. The van der Waals surface area contributed by atoms with Gasteiger partial charge in [-0.3, -0.25) is 9.48 Å². The number of piperidine rings is 1. The molecule has 0 saturated carbocycles. The molecule has 0 aliphatic carbocycles. The Morgan fingerprint density at radius 2 is 1.85 bits per heavy atom. The van der Waals surface area contributed by atoms with Gasteiger partial charge in [0, 0.05) is 17.0 Å². The first kappa shape index (κ1) is 22.9. The van der Waals surface area contributed by atoms with Crippen LogP contribution >= 0.6 is 23.4 Å². The molecule has 174 valence electrons. The molecule has 5 rings (SSSR count). The predicted octanol–water partition coefficient (Wildman–Crippen LogP) is 4.44. The smallest absolute Gasteiger partial charge is 0.315 e. The summed E-state index contributed by atoms with van der Waals surface area (Å²) in [5.41, 5.74) is 1.14. The molecule has 0 N–H and O–H groups in total. The molecular formula is C24H27ClN3O3S2+. The molecule has 0 unspecified atom stereocenters. The zero-order valence-electron chi connectivity index (χ0n) is 18.4. The first-order chi connectivity index (χ1) is 15.9. The van der Waals surface area contributed by atoms with Gasteiger partial charge in [0.25, 0.3) is 0 Å². The first-order valence-corrected chi connectivity index (χ1v) is 14.3. The van der Waals surface area contributed by atoms with Gasteiger partial charge in [0.05, 0.1) is 42.4 Å². The maximum atomic E-state index is 13.5. The number of amidine groups is 1. The number of thioether (sulfide) groups is 1. The summed E-state index contributed by atoms with van der Waals surface area (Å²) in [6.45, 7) is 3.84. The number of hydrogen-bond acceptors (Lipinski definition) is 6. The number of hydrogen-bond donors (Lipinski definition) is 0. The molecule has 33 heavy (non-hydrogen) atoms. The molecular weight excluding hydrogens is 478 g/mol. The van der Waals surface area contributed by atoms with Crippen molar-refractivity contribution in [1.29, 1.82) is 0 Å². The van der Waals surface area contributed by atoms with Crippen molar-refractivity contribution in [1.82, 2.24) is 4.90 Å². The van der Waals surface area contributed by atoms with Crippen LogP contribution in [0, 0.1) is 0 Å². The number of fused-ring (bicyclic) bond motifs is 2. The highest BCUT2D eigenvalue weighted by Crippen LogP contribution is 2.33. The summed E-state index contributed by atoms with van der Waals surface area (Å²) in [6.07, 6.45) is 3.14. The van der Waals surface area contributed by atoms with Crippen molar-refractivity contribution in [2.75, 3.05) is 38.5 Å². The zero-order chi connectivity index (χ0) is 23.1. The predicted molar refractivity (Wildman–Crippen MR) is 134 cm³/mol. The van der Waals surface area contributed by atoms with Crippen LogP contribution in [-0.2, 0) is 14.6 Å². The van der Waals surface area contributed by atoms with Gasteiger partial charge in [0.1, 0.15) is 6.54 Å². The van der Waals surface area contributed by atoms with E-state index in [0.717, 1.165) is 67.1 Å². The van der Waals surface area contributed by atoms with Crippen LogP contribution in [0.5, 0.6) is 0 Å². The summed E-state index contributed by atoms with van der Waals surface area (Å²) in [5, 5.41) is 5.45. The molecule has 2 aromatic carbocycles. The molecule has 1 fully saturated rings. The fraction of sp³-hybridized carbons (Fsp3) is 0.417. The van der Waals surface area contributed by atoms with Crippen LogP contribution in [0.1, 0.15) is 25.7 Å². The van der Waals surface area contributed by atoms with E-state index in [1.54, 1.807) is 36.0 Å². The lowest BCUT2D eigenvalue weighted by atomic mass is 10.1. The van der Waals surface area contributed by atoms with Crippen LogP contribution in [-0.4, -0.2) is 67.4 Å². The first-order valence-electron chi connectivity index (χ1n) is 11.4. The molecule has 3 heterocycles. The summed E-state index contributed by atoms with van der Waals surface area (Å²) < 4.78 is 26.6. The van der Waals surface area contributed by atoms with Gasteiger partial charge in [-0.05, 0) is 54.3 Å². The molecule has 3 aliphatic heterocycles. The highest BCUT2D eigenvalue weighted by atomic mass is 35.5. The lowest BCUT2D eigenvalue weighted by Crippen LogP contribution is -2.57. The highest BCUT2D eigenvalue weighted by molar-refractivity contribution is 8.16. The fourth-order valence-electron chi connectivity index (χ4n) is 4.99. The van der Waals surface area contributed by atoms with Crippen molar-refractivity contribution >= 4 is 55.0 Å². The largest absolute Gasteiger partial charge is 0.317 e. The number of sulfone groups is 1. The number of nitrogens with zero attached hydrogens (tertiary/aromatic N) is 3. The van der Waals surface area contributed by atoms with E-state index >= 15 is 0 Å². The second-order valence-electron chi connectivity index (χ2n) is 8.97. The second-order valence-corrected chi connectivity index (χ2v) is 12.4. The van der Waals surface area contributed by atoms with Crippen LogP contribution < -0.4 is 0 Å². The molecule has 9 heteroatoms. The van der Waals surface area contributed by atoms with E-state index in [9.17, 15) is 13.2 Å². The number of carbonyl (C=O) groups excluding carboxylic acids is 1. The Hall–Kier alpha value is -1.87. The zero-order valence-corrected chi connectivity index (χ0v) is 20.8. The third kappa shape index (κ3) is 4.58. The van der Waals surface area contributed by atoms with Gasteiger partial charge < -0.3 is 4.90 Å². The number of quaternary nitrogens is 1. The van der Waals surface area contributed by atoms with E-state index in [1.807, 2.05) is 12.1 Å². The Labute approximate surface area is 203 Å². The minimum Gasteiger partial charge on any atom is -0.317 e. The number of amides is 1. The number of rotatable bonds is 6. The fourth-order valence-corrected chi connectivity index (χ4v) is 7.38. The van der Waals surface area contributed by atoms with Gasteiger partial charge in [-0.1, -0.05) is 35.5 Å². The van der Waals surface area contributed by atoms with Gasteiger partial charge in [-0.15, -0.1) is 0 Å². The molecule has 6 nitrogen and oxygen atoms in total. The number of likely N-dealkylation sites (tertiary alicyclic amines) is 1. The van der Waals surface area contributed by atoms with Crippen LogP contribution in [0.2, 0.25) is 5.02 Å². The molecule has 0 atom stereocenters. The van der Waals surface area contributed by atoms with E-state index in [1.165, 1.54) is 0 Å². The quantitative estimate of drug-likeness (QED) is 0.544. The van der Waals surface area contributed by atoms with Crippen LogP contribution in [0.15, 0.2) is 57.4 Å². The SMILES string of the molecule is O=C(CCS(=O)(=O)c1ccc2cc(Cl)ccc2c1)[N+]1(CC2=CSC3=NCCN23)CCCCC1. The van der Waals surface area contributed by atoms with E-state index in [0.29, 0.717) is 16.1 Å². The van der Waals surface area contributed by atoms with E-state index in [4.69, 9.17) is 11.6 Å². The molecule has 2 aromatic rings. The third-order valence-electron chi connectivity index (χ3n) is 6.83. The van der Waals surface area contributed by atoms with E-state index < -0.39 is 9.84 Å². The Balaban J connectivity index is 1.32. The minimum atomic E-state index is -3.58. The Bertz CT molecular complexity index is 1270. The lowest BCUT2D eigenvalue weighted by molar-refractivity contribution is -0.855. The number of benzene rings is 2. The average Bonchev–Trinajstić information content (AvgIpc) is 3.43. The number of carbonyl (C=O) groups is 1. The van der Waals surface area contributed by atoms with E-state index in [-0.39, 0.29) is 23.0 Å². The Morgan fingerprint density at radius 1 is 1.09 bits per heavy atom. The van der Waals surface area contributed by atoms with Gasteiger partial charge in [0.15, 0.2) is 15.0 Å².